The number of thiophene rings is 1. The summed E-state index contributed by atoms with van der Waals surface area (Å²) in [5, 5.41) is 11.6. The smallest absolute Gasteiger partial charge is 0.161 e. The lowest BCUT2D eigenvalue weighted by molar-refractivity contribution is 0.198. The van der Waals surface area contributed by atoms with Crippen LogP contribution in [0, 0.1) is 0 Å². The molecular weight excluding hydrogens is 260 g/mol. The van der Waals surface area contributed by atoms with Crippen molar-refractivity contribution in [1.82, 2.24) is 0 Å². The van der Waals surface area contributed by atoms with Gasteiger partial charge in [0.05, 0.1) is 19.8 Å². The molecule has 2 aromatic rings. The van der Waals surface area contributed by atoms with E-state index in [1.54, 1.807) is 25.4 Å². The second-order valence-electron chi connectivity index (χ2n) is 4.26. The molecule has 1 heterocycles. The molecule has 0 saturated heterocycles. The van der Waals surface area contributed by atoms with E-state index in [1.165, 1.54) is 4.88 Å². The highest BCUT2D eigenvalue weighted by Gasteiger charge is 2.08. The van der Waals surface area contributed by atoms with Crippen molar-refractivity contribution in [2.75, 3.05) is 13.7 Å². The molecule has 102 valence electrons. The normalized spacial score (nSPS) is 12.2. The van der Waals surface area contributed by atoms with Gasteiger partial charge in [-0.05, 0) is 36.1 Å². The molecule has 0 spiro atoms. The molecule has 0 aliphatic heterocycles. The van der Waals surface area contributed by atoms with Crippen molar-refractivity contribution in [1.29, 1.82) is 0 Å². The molecule has 19 heavy (non-hydrogen) atoms. The summed E-state index contributed by atoms with van der Waals surface area (Å²) in [6, 6.07) is 9.65. The van der Waals surface area contributed by atoms with Crippen molar-refractivity contribution in [2.24, 2.45) is 0 Å². The van der Waals surface area contributed by atoms with E-state index in [0.717, 1.165) is 12.0 Å². The van der Waals surface area contributed by atoms with Crippen LogP contribution in [0.2, 0.25) is 0 Å². The number of rotatable bonds is 6. The Hall–Kier alpha value is -1.52. The van der Waals surface area contributed by atoms with Gasteiger partial charge in [-0.1, -0.05) is 12.1 Å². The highest BCUT2D eigenvalue weighted by Crippen LogP contribution is 2.30. The van der Waals surface area contributed by atoms with Crippen molar-refractivity contribution in [3.8, 4) is 11.5 Å². The highest BCUT2D eigenvalue weighted by atomic mass is 32.1. The maximum atomic E-state index is 9.54. The maximum absolute atomic E-state index is 9.54. The first kappa shape index (κ1) is 13.9. The molecule has 0 amide bonds. The van der Waals surface area contributed by atoms with Gasteiger partial charge in [0.25, 0.3) is 0 Å². The van der Waals surface area contributed by atoms with Crippen LogP contribution in [0.5, 0.6) is 11.5 Å². The SMILES string of the molecule is COc1cc(C(C)O)ccc1OCCc1cccs1. The van der Waals surface area contributed by atoms with Gasteiger partial charge in [-0.25, -0.2) is 0 Å². The zero-order chi connectivity index (χ0) is 13.7. The highest BCUT2D eigenvalue weighted by molar-refractivity contribution is 7.09. The summed E-state index contributed by atoms with van der Waals surface area (Å²) < 4.78 is 11.0. The lowest BCUT2D eigenvalue weighted by atomic mass is 10.1. The molecule has 0 fully saturated rings. The zero-order valence-electron chi connectivity index (χ0n) is 11.1. The Labute approximate surface area is 117 Å². The first-order valence-corrected chi connectivity index (χ1v) is 7.10. The second-order valence-corrected chi connectivity index (χ2v) is 5.30. The van der Waals surface area contributed by atoms with E-state index in [4.69, 9.17) is 9.47 Å². The van der Waals surface area contributed by atoms with Gasteiger partial charge in [0.2, 0.25) is 0 Å². The lowest BCUT2D eigenvalue weighted by Gasteiger charge is -2.13. The van der Waals surface area contributed by atoms with Crippen molar-refractivity contribution in [3.63, 3.8) is 0 Å². The summed E-state index contributed by atoms with van der Waals surface area (Å²) >= 11 is 1.73. The molecule has 1 aromatic carbocycles. The molecule has 1 aromatic heterocycles. The number of hydrogen-bond acceptors (Lipinski definition) is 4. The van der Waals surface area contributed by atoms with E-state index >= 15 is 0 Å². The average molecular weight is 278 g/mol. The molecule has 2 rings (SSSR count). The molecule has 0 saturated carbocycles. The van der Waals surface area contributed by atoms with Crippen LogP contribution in [0.3, 0.4) is 0 Å². The van der Waals surface area contributed by atoms with Gasteiger partial charge in [0, 0.05) is 11.3 Å². The maximum Gasteiger partial charge on any atom is 0.161 e. The Bertz CT molecular complexity index is 506. The molecule has 0 bridgehead atoms. The third kappa shape index (κ3) is 3.72. The second kappa shape index (κ2) is 6.59. The minimum absolute atomic E-state index is 0.505. The largest absolute Gasteiger partial charge is 0.493 e. The van der Waals surface area contributed by atoms with Crippen molar-refractivity contribution < 1.29 is 14.6 Å². The van der Waals surface area contributed by atoms with Crippen LogP contribution in [0.25, 0.3) is 0 Å². The summed E-state index contributed by atoms with van der Waals surface area (Å²) in [6.07, 6.45) is 0.382. The van der Waals surface area contributed by atoms with Gasteiger partial charge >= 0.3 is 0 Å². The Kier molecular flexibility index (Phi) is 4.82. The predicted octanol–water partition coefficient (Wildman–Crippen LogP) is 3.43. The Balaban J connectivity index is 1.99. The van der Waals surface area contributed by atoms with Crippen LogP contribution in [0.4, 0.5) is 0 Å². The first-order chi connectivity index (χ1) is 9.20. The Morgan fingerprint density at radius 2 is 2.11 bits per heavy atom. The van der Waals surface area contributed by atoms with Gasteiger partial charge in [-0.15, -0.1) is 11.3 Å². The Morgan fingerprint density at radius 3 is 2.74 bits per heavy atom. The van der Waals surface area contributed by atoms with Crippen LogP contribution in [-0.4, -0.2) is 18.8 Å². The molecule has 0 aliphatic carbocycles. The number of hydrogen-bond donors (Lipinski definition) is 1. The van der Waals surface area contributed by atoms with Crippen molar-refractivity contribution in [3.05, 3.63) is 46.2 Å². The van der Waals surface area contributed by atoms with E-state index in [2.05, 4.69) is 11.4 Å². The fourth-order valence-corrected chi connectivity index (χ4v) is 2.47. The van der Waals surface area contributed by atoms with Crippen LogP contribution in [0.15, 0.2) is 35.7 Å². The summed E-state index contributed by atoms with van der Waals surface area (Å²) in [7, 11) is 1.60. The average Bonchev–Trinajstić information content (AvgIpc) is 2.92. The summed E-state index contributed by atoms with van der Waals surface area (Å²) in [5.41, 5.74) is 0.822. The molecular formula is C15H18O3S. The topological polar surface area (TPSA) is 38.7 Å². The van der Waals surface area contributed by atoms with E-state index in [1.807, 2.05) is 24.3 Å². The minimum Gasteiger partial charge on any atom is -0.493 e. The Morgan fingerprint density at radius 1 is 1.26 bits per heavy atom. The first-order valence-electron chi connectivity index (χ1n) is 6.22. The monoisotopic (exact) mass is 278 g/mol. The molecule has 0 aliphatic rings. The summed E-state index contributed by atoms with van der Waals surface area (Å²) in [5.74, 6) is 1.37. The summed E-state index contributed by atoms with van der Waals surface area (Å²) in [6.45, 7) is 2.34. The van der Waals surface area contributed by atoms with Gasteiger partial charge in [0.1, 0.15) is 0 Å². The fraction of sp³-hybridized carbons (Fsp3) is 0.333. The number of ether oxygens (including phenoxy) is 2. The van der Waals surface area contributed by atoms with Gasteiger partial charge in [0.15, 0.2) is 11.5 Å². The van der Waals surface area contributed by atoms with Crippen molar-refractivity contribution >= 4 is 11.3 Å². The third-order valence-corrected chi connectivity index (χ3v) is 3.79. The predicted molar refractivity (Wildman–Crippen MR) is 77.1 cm³/mol. The molecule has 1 atom stereocenters. The van der Waals surface area contributed by atoms with Gasteiger partial charge < -0.3 is 14.6 Å². The van der Waals surface area contributed by atoms with E-state index in [-0.39, 0.29) is 0 Å². The molecule has 1 unspecified atom stereocenters. The minimum atomic E-state index is -0.505. The third-order valence-electron chi connectivity index (χ3n) is 2.86. The zero-order valence-corrected chi connectivity index (χ0v) is 11.9. The molecule has 3 nitrogen and oxygen atoms in total. The molecule has 1 N–H and O–H groups in total. The van der Waals surface area contributed by atoms with Gasteiger partial charge in [-0.2, -0.15) is 0 Å². The van der Waals surface area contributed by atoms with E-state index < -0.39 is 6.10 Å². The number of aliphatic hydroxyl groups excluding tert-OH is 1. The lowest BCUT2D eigenvalue weighted by Crippen LogP contribution is -2.02. The number of benzene rings is 1. The van der Waals surface area contributed by atoms with Gasteiger partial charge in [-0.3, -0.25) is 0 Å². The van der Waals surface area contributed by atoms with Crippen LogP contribution >= 0.6 is 11.3 Å². The van der Waals surface area contributed by atoms with Crippen molar-refractivity contribution in [2.45, 2.75) is 19.4 Å². The van der Waals surface area contributed by atoms with Crippen LogP contribution in [-0.2, 0) is 6.42 Å². The van der Waals surface area contributed by atoms with E-state index in [9.17, 15) is 5.11 Å². The van der Waals surface area contributed by atoms with E-state index in [0.29, 0.717) is 18.1 Å². The molecule has 0 radical (unpaired) electrons. The van der Waals surface area contributed by atoms with Crippen LogP contribution < -0.4 is 9.47 Å². The number of aliphatic hydroxyl groups is 1. The molecule has 4 heteroatoms. The summed E-state index contributed by atoms with van der Waals surface area (Å²) in [4.78, 5) is 1.31. The fourth-order valence-electron chi connectivity index (χ4n) is 1.78. The standard InChI is InChI=1S/C15H18O3S/c1-11(16)12-5-6-14(15(10-12)17-2)18-8-7-13-4-3-9-19-13/h3-6,9-11,16H,7-8H2,1-2H3. The number of methoxy groups -OCH3 is 1. The van der Waals surface area contributed by atoms with Crippen LogP contribution in [0.1, 0.15) is 23.5 Å². The quantitative estimate of drug-likeness (QED) is 0.879.